The van der Waals surface area contributed by atoms with Crippen LogP contribution in [-0.4, -0.2) is 43.3 Å². The smallest absolute Gasteiger partial charge is 0.165 e. The molecule has 1 aromatic heterocycles. The topological polar surface area (TPSA) is 67.1 Å². The number of piperidine rings is 1. The highest BCUT2D eigenvalue weighted by Gasteiger charge is 2.27. The second kappa shape index (κ2) is 8.05. The molecule has 7 heteroatoms. The van der Waals surface area contributed by atoms with Crippen LogP contribution in [0.1, 0.15) is 43.7 Å². The van der Waals surface area contributed by atoms with Gasteiger partial charge in [0.15, 0.2) is 5.82 Å². The average Bonchev–Trinajstić information content (AvgIpc) is 3.03. The fourth-order valence-electron chi connectivity index (χ4n) is 3.28. The average molecular weight is 350 g/mol. The van der Waals surface area contributed by atoms with Crippen molar-refractivity contribution >= 4 is 11.6 Å². The van der Waals surface area contributed by atoms with Crippen LogP contribution in [0.25, 0.3) is 0 Å². The number of rotatable bonds is 6. The molecule has 6 nitrogen and oxygen atoms in total. The number of aliphatic hydroxyl groups is 1. The van der Waals surface area contributed by atoms with E-state index < -0.39 is 6.10 Å². The Morgan fingerprint density at radius 3 is 2.62 bits per heavy atom. The minimum absolute atomic E-state index is 0.286. The number of hydrogen-bond acceptors (Lipinski definition) is 5. The number of benzene rings is 1. The SMILES string of the molecule is CCCn1nnnc1CN1CCC([C@@H](O)c2ccc(Cl)cc2)CC1. The molecule has 0 spiro atoms. The molecule has 0 amide bonds. The van der Waals surface area contributed by atoms with Gasteiger partial charge in [0.05, 0.1) is 12.6 Å². The van der Waals surface area contributed by atoms with E-state index >= 15 is 0 Å². The van der Waals surface area contributed by atoms with E-state index in [4.69, 9.17) is 11.6 Å². The fourth-order valence-corrected chi connectivity index (χ4v) is 3.41. The molecule has 0 unspecified atom stereocenters. The minimum Gasteiger partial charge on any atom is -0.388 e. The Kier molecular flexibility index (Phi) is 5.81. The van der Waals surface area contributed by atoms with Crippen LogP contribution in [0.5, 0.6) is 0 Å². The second-order valence-corrected chi connectivity index (χ2v) is 6.86. The lowest BCUT2D eigenvalue weighted by Crippen LogP contribution is -2.36. The van der Waals surface area contributed by atoms with E-state index in [0.29, 0.717) is 5.02 Å². The maximum atomic E-state index is 10.6. The third-order valence-corrected chi connectivity index (χ3v) is 4.95. The maximum absolute atomic E-state index is 10.6. The van der Waals surface area contributed by atoms with Crippen molar-refractivity contribution < 1.29 is 5.11 Å². The summed E-state index contributed by atoms with van der Waals surface area (Å²) in [6.07, 6.45) is 2.54. The standard InChI is InChI=1S/C17H24ClN5O/c1-2-9-23-16(19-20-21-23)12-22-10-7-14(8-11-22)17(24)13-3-5-15(18)6-4-13/h3-6,14,17,24H,2,7-12H2,1H3/t17-/m0/s1. The molecule has 3 rings (SSSR count). The van der Waals surface area contributed by atoms with Crippen LogP contribution >= 0.6 is 11.6 Å². The van der Waals surface area contributed by atoms with Crippen molar-refractivity contribution in [3.05, 3.63) is 40.7 Å². The molecule has 1 aliphatic rings. The van der Waals surface area contributed by atoms with Gasteiger partial charge < -0.3 is 5.11 Å². The summed E-state index contributed by atoms with van der Waals surface area (Å²) in [5, 5.41) is 23.3. The van der Waals surface area contributed by atoms with Crippen molar-refractivity contribution in [2.24, 2.45) is 5.92 Å². The molecular formula is C17H24ClN5O. The van der Waals surface area contributed by atoms with Gasteiger partial charge in [0.25, 0.3) is 0 Å². The summed E-state index contributed by atoms with van der Waals surface area (Å²) >= 11 is 5.92. The number of aliphatic hydroxyl groups excluding tert-OH is 1. The normalized spacial score (nSPS) is 18.0. The summed E-state index contributed by atoms with van der Waals surface area (Å²) in [7, 11) is 0. The zero-order chi connectivity index (χ0) is 16.9. The molecule has 2 aromatic rings. The molecule has 0 saturated carbocycles. The van der Waals surface area contributed by atoms with Gasteiger partial charge in [0.2, 0.25) is 0 Å². The molecule has 2 heterocycles. The van der Waals surface area contributed by atoms with Gasteiger partial charge in [0.1, 0.15) is 0 Å². The van der Waals surface area contributed by atoms with E-state index in [-0.39, 0.29) is 5.92 Å². The maximum Gasteiger partial charge on any atom is 0.165 e. The lowest BCUT2D eigenvalue weighted by molar-refractivity contribution is 0.0556. The van der Waals surface area contributed by atoms with Crippen molar-refractivity contribution in [3.8, 4) is 0 Å². The van der Waals surface area contributed by atoms with Crippen LogP contribution in [0.15, 0.2) is 24.3 Å². The highest BCUT2D eigenvalue weighted by atomic mass is 35.5. The summed E-state index contributed by atoms with van der Waals surface area (Å²) in [5.41, 5.74) is 0.949. The van der Waals surface area contributed by atoms with Gasteiger partial charge in [-0.2, -0.15) is 0 Å². The van der Waals surface area contributed by atoms with Gasteiger partial charge in [-0.25, -0.2) is 4.68 Å². The quantitative estimate of drug-likeness (QED) is 0.868. The minimum atomic E-state index is -0.421. The number of nitrogens with zero attached hydrogens (tertiary/aromatic N) is 5. The number of aryl methyl sites for hydroxylation is 1. The van der Waals surface area contributed by atoms with E-state index in [1.807, 2.05) is 28.9 Å². The van der Waals surface area contributed by atoms with Gasteiger partial charge in [-0.05, 0) is 66.4 Å². The Morgan fingerprint density at radius 1 is 1.25 bits per heavy atom. The van der Waals surface area contributed by atoms with Gasteiger partial charge in [0, 0.05) is 11.6 Å². The van der Waals surface area contributed by atoms with Crippen molar-refractivity contribution in [3.63, 3.8) is 0 Å². The molecule has 1 aromatic carbocycles. The number of tetrazole rings is 1. The molecular weight excluding hydrogens is 326 g/mol. The predicted octanol–water partition coefficient (Wildman–Crippen LogP) is 2.68. The van der Waals surface area contributed by atoms with Crippen LogP contribution in [0.2, 0.25) is 5.02 Å². The fraction of sp³-hybridized carbons (Fsp3) is 0.588. The van der Waals surface area contributed by atoms with Crippen LogP contribution in [0.3, 0.4) is 0 Å². The number of hydrogen-bond donors (Lipinski definition) is 1. The molecule has 1 fully saturated rings. The van der Waals surface area contributed by atoms with Crippen molar-refractivity contribution in [1.29, 1.82) is 0 Å². The lowest BCUT2D eigenvalue weighted by atomic mass is 9.87. The molecule has 24 heavy (non-hydrogen) atoms. The molecule has 0 aliphatic carbocycles. The molecule has 0 bridgehead atoms. The first-order chi connectivity index (χ1) is 11.7. The third-order valence-electron chi connectivity index (χ3n) is 4.70. The predicted molar refractivity (Wildman–Crippen MR) is 92.5 cm³/mol. The first-order valence-electron chi connectivity index (χ1n) is 8.58. The molecule has 130 valence electrons. The Bertz CT molecular complexity index is 637. The first kappa shape index (κ1) is 17.3. The van der Waals surface area contributed by atoms with E-state index in [0.717, 1.165) is 56.8 Å². The van der Waals surface area contributed by atoms with Crippen LogP contribution in [0, 0.1) is 5.92 Å². The number of halogens is 1. The molecule has 0 radical (unpaired) electrons. The Balaban J connectivity index is 1.53. The Labute approximate surface area is 147 Å². The Hall–Kier alpha value is -1.50. The van der Waals surface area contributed by atoms with E-state index in [2.05, 4.69) is 27.3 Å². The first-order valence-corrected chi connectivity index (χ1v) is 8.96. The van der Waals surface area contributed by atoms with E-state index in [1.165, 1.54) is 0 Å². The summed E-state index contributed by atoms with van der Waals surface area (Å²) in [6, 6.07) is 7.50. The zero-order valence-electron chi connectivity index (χ0n) is 14.0. The third kappa shape index (κ3) is 4.12. The lowest BCUT2D eigenvalue weighted by Gasteiger charge is -2.34. The van der Waals surface area contributed by atoms with Gasteiger partial charge >= 0.3 is 0 Å². The van der Waals surface area contributed by atoms with Crippen LogP contribution in [-0.2, 0) is 13.1 Å². The number of likely N-dealkylation sites (tertiary alicyclic amines) is 1. The van der Waals surface area contributed by atoms with Gasteiger partial charge in [-0.1, -0.05) is 30.7 Å². The molecule has 1 aliphatic heterocycles. The summed E-state index contributed by atoms with van der Waals surface area (Å²) in [5.74, 6) is 1.21. The summed E-state index contributed by atoms with van der Waals surface area (Å²) in [4.78, 5) is 2.36. The van der Waals surface area contributed by atoms with Crippen LogP contribution < -0.4 is 0 Å². The van der Waals surface area contributed by atoms with Gasteiger partial charge in [-0.3, -0.25) is 4.90 Å². The summed E-state index contributed by atoms with van der Waals surface area (Å²) < 4.78 is 1.88. The highest BCUT2D eigenvalue weighted by molar-refractivity contribution is 6.30. The van der Waals surface area contributed by atoms with Gasteiger partial charge in [-0.15, -0.1) is 5.10 Å². The number of aromatic nitrogens is 4. The molecule has 1 atom stereocenters. The Morgan fingerprint density at radius 2 is 1.96 bits per heavy atom. The largest absolute Gasteiger partial charge is 0.388 e. The highest BCUT2D eigenvalue weighted by Crippen LogP contribution is 2.31. The van der Waals surface area contributed by atoms with Crippen molar-refractivity contribution in [2.45, 2.75) is 45.4 Å². The second-order valence-electron chi connectivity index (χ2n) is 6.43. The van der Waals surface area contributed by atoms with Crippen molar-refractivity contribution in [1.82, 2.24) is 25.1 Å². The van der Waals surface area contributed by atoms with E-state index in [9.17, 15) is 5.11 Å². The van der Waals surface area contributed by atoms with Crippen molar-refractivity contribution in [2.75, 3.05) is 13.1 Å². The molecule has 1 N–H and O–H groups in total. The van der Waals surface area contributed by atoms with E-state index in [1.54, 1.807) is 0 Å². The molecule has 1 saturated heterocycles. The van der Waals surface area contributed by atoms with Crippen LogP contribution in [0.4, 0.5) is 0 Å². The monoisotopic (exact) mass is 349 g/mol. The zero-order valence-corrected chi connectivity index (χ0v) is 14.7. The summed E-state index contributed by atoms with van der Waals surface area (Å²) in [6.45, 7) is 5.66.